The van der Waals surface area contributed by atoms with Crippen molar-refractivity contribution in [3.63, 3.8) is 0 Å². The van der Waals surface area contributed by atoms with Crippen molar-refractivity contribution in [2.75, 3.05) is 23.4 Å². The number of aryl methyl sites for hydroxylation is 1. The average molecular weight is 667 g/mol. The molecule has 2 N–H and O–H groups in total. The largest absolute Gasteiger partial charge is 0.492 e. The summed E-state index contributed by atoms with van der Waals surface area (Å²) in [6.07, 6.45) is 6.32. The molecule has 0 unspecified atom stereocenters. The highest BCUT2D eigenvalue weighted by Crippen LogP contribution is 2.39. The number of nitrogens with zero attached hydrogens (tertiary/aromatic N) is 6. The van der Waals surface area contributed by atoms with Crippen LogP contribution in [0.1, 0.15) is 60.8 Å². The minimum Gasteiger partial charge on any atom is -0.492 e. The number of carbonyl (C=O) groups excluding carboxylic acids is 1. The summed E-state index contributed by atoms with van der Waals surface area (Å²) in [7, 11) is -2.21. The van der Waals surface area contributed by atoms with Crippen molar-refractivity contribution in [2.45, 2.75) is 52.4 Å². The van der Waals surface area contributed by atoms with Gasteiger partial charge in [-0.3, -0.25) is 9.52 Å². The Bertz CT molecular complexity index is 2110. The Morgan fingerprint density at radius 2 is 1.79 bits per heavy atom. The van der Waals surface area contributed by atoms with Crippen LogP contribution in [0.5, 0.6) is 5.75 Å². The monoisotopic (exact) mass is 666 g/mol. The number of hydrogen-bond donors (Lipinski definition) is 2. The molecule has 3 aromatic carbocycles. The van der Waals surface area contributed by atoms with Gasteiger partial charge in [-0.2, -0.15) is 10.4 Å². The predicted octanol–water partition coefficient (Wildman–Crippen LogP) is 6.20. The molecule has 0 aliphatic heterocycles. The number of hydrogen-bond acceptors (Lipinski definition) is 8. The molecule has 48 heavy (non-hydrogen) atoms. The van der Waals surface area contributed by atoms with Crippen LogP contribution in [-0.2, 0) is 21.9 Å². The summed E-state index contributed by atoms with van der Waals surface area (Å²) in [5, 5.41) is 25.5. The van der Waals surface area contributed by atoms with Crippen molar-refractivity contribution in [2.24, 2.45) is 0 Å². The van der Waals surface area contributed by atoms with Crippen LogP contribution < -0.4 is 14.8 Å². The molecule has 2 heterocycles. The normalized spacial score (nSPS) is 11.6. The zero-order valence-electron chi connectivity index (χ0n) is 27.8. The van der Waals surface area contributed by atoms with Crippen LogP contribution >= 0.6 is 0 Å². The lowest BCUT2D eigenvalue weighted by Crippen LogP contribution is -2.18. The number of sulfonamides is 1. The molecule has 248 valence electrons. The van der Waals surface area contributed by atoms with Crippen LogP contribution in [0.3, 0.4) is 0 Å². The summed E-state index contributed by atoms with van der Waals surface area (Å²) < 4.78 is 35.8. The van der Waals surface area contributed by atoms with Crippen molar-refractivity contribution in [1.29, 1.82) is 5.26 Å². The molecule has 0 radical (unpaired) electrons. The highest BCUT2D eigenvalue weighted by Gasteiger charge is 2.23. The molecule has 0 bridgehead atoms. The molecule has 0 spiro atoms. The molecule has 0 aliphatic rings. The van der Waals surface area contributed by atoms with Crippen LogP contribution in [-0.4, -0.2) is 52.5 Å². The van der Waals surface area contributed by atoms with Crippen molar-refractivity contribution in [1.82, 2.24) is 24.8 Å². The SMILES string of the molecule is COc1c(NC(=O)c2ccc(C)c(-n3cc(-c4cnn(-c5ccccc5)c4CCCC#N)nn3)c2)cc(C(C)(C)C)cc1NS(C)(=O)=O. The number of nitriles is 1. The van der Waals surface area contributed by atoms with E-state index in [1.807, 2.05) is 68.8 Å². The highest BCUT2D eigenvalue weighted by molar-refractivity contribution is 7.92. The molecular formula is C35H38N8O4S. The molecule has 5 aromatic rings. The quantitative estimate of drug-likeness (QED) is 0.158. The Morgan fingerprint density at radius 3 is 2.46 bits per heavy atom. The highest BCUT2D eigenvalue weighted by atomic mass is 32.2. The van der Waals surface area contributed by atoms with Gasteiger partial charge < -0.3 is 10.1 Å². The fraction of sp³-hybridized carbons (Fsp3) is 0.286. The van der Waals surface area contributed by atoms with E-state index >= 15 is 0 Å². The molecule has 1 amide bonds. The summed E-state index contributed by atoms with van der Waals surface area (Å²) in [5.74, 6) is -0.230. The fourth-order valence-electron chi connectivity index (χ4n) is 5.30. The number of rotatable bonds is 11. The Morgan fingerprint density at radius 1 is 1.06 bits per heavy atom. The van der Waals surface area contributed by atoms with Crippen molar-refractivity contribution >= 4 is 27.3 Å². The van der Waals surface area contributed by atoms with Gasteiger partial charge in [0.05, 0.1) is 60.3 Å². The van der Waals surface area contributed by atoms with Crippen LogP contribution in [0.25, 0.3) is 22.6 Å². The van der Waals surface area contributed by atoms with Gasteiger partial charge in [0, 0.05) is 17.5 Å². The van der Waals surface area contributed by atoms with Crippen LogP contribution in [0, 0.1) is 18.3 Å². The van der Waals surface area contributed by atoms with Crippen molar-refractivity contribution in [3.05, 3.63) is 95.4 Å². The van der Waals surface area contributed by atoms with E-state index in [4.69, 9.17) is 10.00 Å². The van der Waals surface area contributed by atoms with E-state index in [9.17, 15) is 13.2 Å². The minimum atomic E-state index is -3.63. The van der Waals surface area contributed by atoms with Gasteiger partial charge in [-0.05, 0) is 72.7 Å². The molecule has 13 heteroatoms. The molecule has 12 nitrogen and oxygen atoms in total. The second-order valence-corrected chi connectivity index (χ2v) is 14.2. The van der Waals surface area contributed by atoms with Crippen LogP contribution in [0.4, 0.5) is 11.4 Å². The summed E-state index contributed by atoms with van der Waals surface area (Å²) in [4.78, 5) is 13.7. The maximum Gasteiger partial charge on any atom is 0.255 e. The molecule has 0 aliphatic carbocycles. The van der Waals surface area contributed by atoms with Gasteiger partial charge in [0.2, 0.25) is 10.0 Å². The van der Waals surface area contributed by atoms with Gasteiger partial charge in [-0.1, -0.05) is 50.3 Å². The first-order chi connectivity index (χ1) is 22.8. The molecule has 0 saturated carbocycles. The Kier molecular flexibility index (Phi) is 9.67. The molecule has 5 rings (SSSR count). The number of methoxy groups -OCH3 is 1. The van der Waals surface area contributed by atoms with Gasteiger partial charge in [0.25, 0.3) is 5.91 Å². The van der Waals surface area contributed by atoms with E-state index < -0.39 is 15.9 Å². The van der Waals surface area contributed by atoms with E-state index in [-0.39, 0.29) is 16.9 Å². The number of amides is 1. The summed E-state index contributed by atoms with van der Waals surface area (Å²) in [5.41, 5.74) is 6.10. The van der Waals surface area contributed by atoms with Gasteiger partial charge in [-0.15, -0.1) is 5.10 Å². The van der Waals surface area contributed by atoms with E-state index in [1.54, 1.807) is 41.3 Å². The predicted molar refractivity (Wildman–Crippen MR) is 185 cm³/mol. The summed E-state index contributed by atoms with van der Waals surface area (Å²) in [6, 6.07) is 20.7. The molecule has 0 atom stereocenters. The molecule has 0 saturated heterocycles. The summed E-state index contributed by atoms with van der Waals surface area (Å²) in [6.45, 7) is 7.89. The van der Waals surface area contributed by atoms with Crippen molar-refractivity contribution in [3.8, 4) is 34.5 Å². The number of nitrogens with one attached hydrogen (secondary N) is 2. The number of benzene rings is 3. The number of unbranched alkanes of at least 4 members (excludes halogenated alkanes) is 1. The summed E-state index contributed by atoms with van der Waals surface area (Å²) >= 11 is 0. The third kappa shape index (κ3) is 7.56. The number of aromatic nitrogens is 5. The molecular weight excluding hydrogens is 629 g/mol. The van der Waals surface area contributed by atoms with E-state index in [2.05, 4.69) is 31.5 Å². The number of carbonyl (C=O) groups is 1. The zero-order valence-corrected chi connectivity index (χ0v) is 28.6. The van der Waals surface area contributed by atoms with Crippen LogP contribution in [0.15, 0.2) is 73.1 Å². The first-order valence-electron chi connectivity index (χ1n) is 15.3. The van der Waals surface area contributed by atoms with Gasteiger partial charge >= 0.3 is 0 Å². The number of para-hydroxylation sites is 1. The standard InChI is InChI=1S/C35H38N8O4S/c1-23-15-16-24(34(44)38-28-19-25(35(2,3)4)20-29(33(28)47-5)40-48(6,45)46)18-32(23)42-22-30(39-41-42)27-21-37-43(26-12-8-7-9-13-26)31(27)14-10-11-17-36/h7-9,12-13,15-16,18-22,40H,10-11,14H2,1-6H3,(H,38,44). The van der Waals surface area contributed by atoms with E-state index in [0.29, 0.717) is 41.9 Å². The third-order valence-electron chi connectivity index (χ3n) is 7.76. The first kappa shape index (κ1) is 33.9. The Balaban J connectivity index is 1.48. The second-order valence-electron chi connectivity index (χ2n) is 12.5. The van der Waals surface area contributed by atoms with Gasteiger partial charge in [0.15, 0.2) is 5.75 Å². The van der Waals surface area contributed by atoms with E-state index in [1.165, 1.54) is 7.11 Å². The smallest absolute Gasteiger partial charge is 0.255 e. The third-order valence-corrected chi connectivity index (χ3v) is 8.35. The molecule has 0 fully saturated rings. The maximum absolute atomic E-state index is 13.7. The van der Waals surface area contributed by atoms with Crippen molar-refractivity contribution < 1.29 is 17.9 Å². The van der Waals surface area contributed by atoms with Gasteiger partial charge in [0.1, 0.15) is 5.69 Å². The van der Waals surface area contributed by atoms with E-state index in [0.717, 1.165) is 34.3 Å². The lowest BCUT2D eigenvalue weighted by molar-refractivity contribution is 0.102. The van der Waals surface area contributed by atoms with Gasteiger partial charge in [-0.25, -0.2) is 17.8 Å². The molecule has 2 aromatic heterocycles. The minimum absolute atomic E-state index is 0.191. The number of anilines is 2. The number of ether oxygens (including phenoxy) is 1. The second kappa shape index (κ2) is 13.7. The topological polar surface area (TPSA) is 157 Å². The zero-order chi connectivity index (χ0) is 34.6. The average Bonchev–Trinajstić information content (AvgIpc) is 3.68. The lowest BCUT2D eigenvalue weighted by Gasteiger charge is -2.24. The van der Waals surface area contributed by atoms with Crippen LogP contribution in [0.2, 0.25) is 0 Å². The fourth-order valence-corrected chi connectivity index (χ4v) is 5.85. The lowest BCUT2D eigenvalue weighted by atomic mass is 9.86. The maximum atomic E-state index is 13.7. The Labute approximate surface area is 280 Å². The first-order valence-corrected chi connectivity index (χ1v) is 17.2. The Hall–Kier alpha value is -5.48.